The molecule has 3 unspecified atom stereocenters. The topological polar surface area (TPSA) is 95.6 Å². The predicted octanol–water partition coefficient (Wildman–Crippen LogP) is 4.91. The molecule has 36 heavy (non-hydrogen) atoms. The van der Waals surface area contributed by atoms with Crippen molar-refractivity contribution < 1.29 is 18.9 Å². The molecule has 0 amide bonds. The number of ether oxygens (including phenoxy) is 4. The van der Waals surface area contributed by atoms with Crippen LogP contribution in [0.25, 0.3) is 0 Å². The van der Waals surface area contributed by atoms with E-state index in [0.717, 1.165) is 44.2 Å². The molecule has 3 atom stereocenters. The molecule has 4 rings (SSSR count). The Kier molecular flexibility index (Phi) is 10.2. The van der Waals surface area contributed by atoms with Crippen molar-refractivity contribution in [2.45, 2.75) is 65.1 Å². The second kappa shape index (κ2) is 12.9. The Morgan fingerprint density at radius 3 is 1.56 bits per heavy atom. The number of rotatable bonds is 13. The van der Waals surface area contributed by atoms with Gasteiger partial charge in [-0.2, -0.15) is 0 Å². The highest BCUT2D eigenvalue weighted by Crippen LogP contribution is 2.33. The van der Waals surface area contributed by atoms with Crippen molar-refractivity contribution in [3.05, 3.63) is 59.7 Å². The normalized spacial score (nSPS) is 19.6. The van der Waals surface area contributed by atoms with E-state index in [2.05, 4.69) is 58.9 Å². The Morgan fingerprint density at radius 1 is 0.806 bits per heavy atom. The van der Waals surface area contributed by atoms with Crippen LogP contribution in [0.3, 0.4) is 0 Å². The van der Waals surface area contributed by atoms with Gasteiger partial charge in [0.05, 0.1) is 13.2 Å². The SMILES string of the molecule is CC(C)(c1ccc(OCC2CO2)cc1)c1ccc(OCC2CO2)cc1.CC(CCN)CC(C)(C)CN. The second-order valence-electron chi connectivity index (χ2n) is 11.5. The lowest BCUT2D eigenvalue weighted by Crippen LogP contribution is -2.26. The Balaban J connectivity index is 0.000000280. The Labute approximate surface area is 217 Å². The first-order valence-corrected chi connectivity index (χ1v) is 13.2. The first kappa shape index (κ1) is 28.5. The number of benzene rings is 2. The molecule has 6 nitrogen and oxygen atoms in total. The third-order valence-electron chi connectivity index (χ3n) is 6.94. The van der Waals surface area contributed by atoms with Gasteiger partial charge >= 0.3 is 0 Å². The van der Waals surface area contributed by atoms with Crippen LogP contribution < -0.4 is 20.9 Å². The number of hydrogen-bond donors (Lipinski definition) is 2. The van der Waals surface area contributed by atoms with Gasteiger partial charge in [-0.05, 0) is 72.7 Å². The molecule has 0 saturated carbocycles. The van der Waals surface area contributed by atoms with Crippen LogP contribution in [0, 0.1) is 11.3 Å². The molecule has 2 fully saturated rings. The molecule has 2 saturated heterocycles. The van der Waals surface area contributed by atoms with E-state index in [1.165, 1.54) is 17.5 Å². The van der Waals surface area contributed by atoms with Crippen LogP contribution in [0.2, 0.25) is 0 Å². The van der Waals surface area contributed by atoms with Crippen molar-refractivity contribution in [1.82, 2.24) is 0 Å². The van der Waals surface area contributed by atoms with Gasteiger partial charge in [0.1, 0.15) is 36.9 Å². The molecule has 2 aliphatic rings. The lowest BCUT2D eigenvalue weighted by Gasteiger charge is -2.26. The molecule has 2 heterocycles. The van der Waals surface area contributed by atoms with Gasteiger partial charge in [-0.1, -0.05) is 58.9 Å². The number of nitrogens with two attached hydrogens (primary N) is 2. The largest absolute Gasteiger partial charge is 0.491 e. The molecule has 2 aromatic carbocycles. The quantitative estimate of drug-likeness (QED) is 0.381. The fourth-order valence-electron chi connectivity index (χ4n) is 4.22. The van der Waals surface area contributed by atoms with E-state index < -0.39 is 0 Å². The summed E-state index contributed by atoms with van der Waals surface area (Å²) in [6, 6.07) is 16.7. The van der Waals surface area contributed by atoms with Crippen molar-refractivity contribution in [3.63, 3.8) is 0 Å². The highest BCUT2D eigenvalue weighted by atomic mass is 16.6. The van der Waals surface area contributed by atoms with Crippen molar-refractivity contribution >= 4 is 0 Å². The van der Waals surface area contributed by atoms with Crippen molar-refractivity contribution in [2.24, 2.45) is 22.8 Å². The van der Waals surface area contributed by atoms with Crippen LogP contribution in [0.1, 0.15) is 58.6 Å². The average molecular weight is 499 g/mol. The van der Waals surface area contributed by atoms with Gasteiger partial charge in [0.2, 0.25) is 0 Å². The van der Waals surface area contributed by atoms with E-state index >= 15 is 0 Å². The number of epoxide rings is 2. The molecule has 0 radical (unpaired) electrons. The fraction of sp³-hybridized carbons (Fsp3) is 0.600. The molecule has 0 aromatic heterocycles. The molecule has 6 heteroatoms. The van der Waals surface area contributed by atoms with E-state index in [4.69, 9.17) is 30.4 Å². The third kappa shape index (κ3) is 9.40. The van der Waals surface area contributed by atoms with Crippen LogP contribution in [-0.4, -0.2) is 51.7 Å². The summed E-state index contributed by atoms with van der Waals surface area (Å²) in [5.41, 5.74) is 13.8. The average Bonchev–Trinajstić information content (AvgIpc) is 3.77. The second-order valence-corrected chi connectivity index (χ2v) is 11.5. The Morgan fingerprint density at radius 2 is 1.22 bits per heavy atom. The van der Waals surface area contributed by atoms with Gasteiger partial charge in [0, 0.05) is 5.41 Å². The minimum absolute atomic E-state index is 0.0870. The highest BCUT2D eigenvalue weighted by Gasteiger charge is 2.26. The first-order chi connectivity index (χ1) is 17.1. The van der Waals surface area contributed by atoms with Crippen LogP contribution in [0.4, 0.5) is 0 Å². The summed E-state index contributed by atoms with van der Waals surface area (Å²) in [6.45, 7) is 15.6. The standard InChI is InChI=1S/C21H24O4.C9H22N2/c1-21(2,15-3-7-17(8-4-15)22-11-19-13-24-19)16-5-9-18(10-6-16)23-12-20-14-25-20;1-8(4-5-10)6-9(2,3)7-11/h3-10,19-20H,11-14H2,1-2H3;8H,4-7,10-11H2,1-3H3. The third-order valence-corrected chi connectivity index (χ3v) is 6.94. The predicted molar refractivity (Wildman–Crippen MR) is 146 cm³/mol. The summed E-state index contributed by atoms with van der Waals surface area (Å²) in [6.07, 6.45) is 2.86. The highest BCUT2D eigenvalue weighted by molar-refractivity contribution is 5.41. The van der Waals surface area contributed by atoms with E-state index in [-0.39, 0.29) is 23.0 Å². The van der Waals surface area contributed by atoms with E-state index in [1.54, 1.807) is 0 Å². The van der Waals surface area contributed by atoms with Crippen molar-refractivity contribution in [2.75, 3.05) is 39.5 Å². The summed E-state index contributed by atoms with van der Waals surface area (Å²) < 4.78 is 21.8. The first-order valence-electron chi connectivity index (χ1n) is 13.2. The van der Waals surface area contributed by atoms with Gasteiger partial charge in [-0.3, -0.25) is 0 Å². The molecular formula is C30H46N2O4. The zero-order chi connectivity index (χ0) is 26.2. The van der Waals surface area contributed by atoms with E-state index in [0.29, 0.717) is 19.1 Å². The van der Waals surface area contributed by atoms with Crippen LogP contribution >= 0.6 is 0 Å². The minimum atomic E-state index is -0.0870. The fourth-order valence-corrected chi connectivity index (χ4v) is 4.22. The summed E-state index contributed by atoms with van der Waals surface area (Å²) in [7, 11) is 0. The zero-order valence-electron chi connectivity index (χ0n) is 22.8. The number of hydrogen-bond acceptors (Lipinski definition) is 6. The maximum Gasteiger partial charge on any atom is 0.119 e. The molecule has 2 aliphatic heterocycles. The van der Waals surface area contributed by atoms with Crippen molar-refractivity contribution in [1.29, 1.82) is 0 Å². The summed E-state index contributed by atoms with van der Waals surface area (Å²) in [4.78, 5) is 0. The van der Waals surface area contributed by atoms with Gasteiger partial charge in [-0.25, -0.2) is 0 Å². The lowest BCUT2D eigenvalue weighted by atomic mass is 9.78. The zero-order valence-corrected chi connectivity index (χ0v) is 22.8. The maximum atomic E-state index is 5.72. The van der Waals surface area contributed by atoms with Gasteiger partial charge in [-0.15, -0.1) is 0 Å². The summed E-state index contributed by atoms with van der Waals surface area (Å²) in [5.74, 6) is 2.49. The molecule has 4 N–H and O–H groups in total. The van der Waals surface area contributed by atoms with E-state index in [9.17, 15) is 0 Å². The summed E-state index contributed by atoms with van der Waals surface area (Å²) in [5, 5.41) is 0. The molecule has 0 bridgehead atoms. The Hall–Kier alpha value is -2.12. The molecular weight excluding hydrogens is 452 g/mol. The smallest absolute Gasteiger partial charge is 0.119 e. The molecule has 0 aliphatic carbocycles. The Bertz CT molecular complexity index is 842. The lowest BCUT2D eigenvalue weighted by molar-refractivity contribution is 0.263. The van der Waals surface area contributed by atoms with Crippen LogP contribution in [-0.2, 0) is 14.9 Å². The minimum Gasteiger partial charge on any atom is -0.491 e. The van der Waals surface area contributed by atoms with Gasteiger partial charge < -0.3 is 30.4 Å². The van der Waals surface area contributed by atoms with Crippen LogP contribution in [0.5, 0.6) is 11.5 Å². The molecule has 2 aromatic rings. The van der Waals surface area contributed by atoms with Crippen LogP contribution in [0.15, 0.2) is 48.5 Å². The summed E-state index contributed by atoms with van der Waals surface area (Å²) >= 11 is 0. The monoisotopic (exact) mass is 498 g/mol. The van der Waals surface area contributed by atoms with E-state index in [1.807, 2.05) is 24.3 Å². The van der Waals surface area contributed by atoms with Gasteiger partial charge in [0.15, 0.2) is 0 Å². The molecule has 0 spiro atoms. The maximum absolute atomic E-state index is 5.72. The van der Waals surface area contributed by atoms with Crippen molar-refractivity contribution in [3.8, 4) is 11.5 Å². The van der Waals surface area contributed by atoms with Gasteiger partial charge in [0.25, 0.3) is 0 Å². The molecule has 200 valence electrons.